The van der Waals surface area contributed by atoms with Crippen LogP contribution in [0.4, 0.5) is 0 Å². The van der Waals surface area contributed by atoms with Gasteiger partial charge in [0.15, 0.2) is 5.76 Å². The van der Waals surface area contributed by atoms with Gasteiger partial charge in [0.1, 0.15) is 5.58 Å². The second kappa shape index (κ2) is 9.70. The highest BCUT2D eigenvalue weighted by Crippen LogP contribution is 2.25. The summed E-state index contributed by atoms with van der Waals surface area (Å²) in [6.07, 6.45) is 3.84. The van der Waals surface area contributed by atoms with Crippen molar-refractivity contribution < 1.29 is 14.0 Å². The maximum Gasteiger partial charge on any atom is 0.287 e. The zero-order valence-corrected chi connectivity index (χ0v) is 20.8. The largest absolute Gasteiger partial charge is 0.451 e. The van der Waals surface area contributed by atoms with E-state index in [1.807, 2.05) is 30.0 Å². The Morgan fingerprint density at radius 3 is 2.60 bits per heavy atom. The van der Waals surface area contributed by atoms with Crippen molar-refractivity contribution in [3.63, 3.8) is 0 Å². The molecule has 5 rings (SSSR count). The van der Waals surface area contributed by atoms with E-state index in [2.05, 4.69) is 42.3 Å². The average molecular weight is 472 g/mol. The summed E-state index contributed by atoms with van der Waals surface area (Å²) in [6.45, 7) is 10.4. The molecule has 1 aromatic heterocycles. The van der Waals surface area contributed by atoms with Gasteiger partial charge in [-0.2, -0.15) is 0 Å². The van der Waals surface area contributed by atoms with Gasteiger partial charge >= 0.3 is 0 Å². The van der Waals surface area contributed by atoms with Gasteiger partial charge in [-0.3, -0.25) is 14.5 Å². The first-order chi connectivity index (χ1) is 16.9. The van der Waals surface area contributed by atoms with Gasteiger partial charge < -0.3 is 14.6 Å². The first-order valence-electron chi connectivity index (χ1n) is 12.5. The molecule has 0 aliphatic carbocycles. The van der Waals surface area contributed by atoms with Crippen molar-refractivity contribution in [2.45, 2.75) is 40.2 Å². The molecule has 0 radical (unpaired) electrons. The molecule has 6 nitrogen and oxygen atoms in total. The van der Waals surface area contributed by atoms with Gasteiger partial charge in [0.25, 0.3) is 11.8 Å². The summed E-state index contributed by atoms with van der Waals surface area (Å²) in [7, 11) is 0. The van der Waals surface area contributed by atoms with Crippen LogP contribution in [0.5, 0.6) is 0 Å². The van der Waals surface area contributed by atoms with Crippen LogP contribution < -0.4 is 5.32 Å². The Morgan fingerprint density at radius 1 is 0.971 bits per heavy atom. The summed E-state index contributed by atoms with van der Waals surface area (Å²) in [5, 5.41) is 3.90. The Hall–Kier alpha value is -3.38. The van der Waals surface area contributed by atoms with Crippen LogP contribution in [0.2, 0.25) is 0 Å². The number of nitrogens with one attached hydrogen (secondary N) is 1. The second-order valence-corrected chi connectivity index (χ2v) is 9.88. The van der Waals surface area contributed by atoms with Crippen LogP contribution in [0.1, 0.15) is 44.8 Å². The molecule has 0 spiro atoms. The maximum absolute atomic E-state index is 13.3. The fourth-order valence-electron chi connectivity index (χ4n) is 5.07. The monoisotopic (exact) mass is 471 g/mol. The smallest absolute Gasteiger partial charge is 0.287 e. The number of aryl methyl sites for hydroxylation is 3. The predicted molar refractivity (Wildman–Crippen MR) is 137 cm³/mol. The quantitative estimate of drug-likeness (QED) is 0.602. The van der Waals surface area contributed by atoms with Crippen LogP contribution in [0.15, 0.2) is 52.5 Å². The number of rotatable bonds is 5. The van der Waals surface area contributed by atoms with E-state index in [0.29, 0.717) is 31.9 Å². The number of amides is 2. The Balaban J connectivity index is 1.14. The number of nitrogens with zero attached hydrogens (tertiary/aromatic N) is 2. The Bertz CT molecular complexity index is 1320. The minimum absolute atomic E-state index is 0.139. The van der Waals surface area contributed by atoms with Crippen LogP contribution in [-0.4, -0.2) is 54.3 Å². The molecular formula is C29H33N3O3. The van der Waals surface area contributed by atoms with Gasteiger partial charge in [-0.05, 0) is 74.1 Å². The zero-order chi connectivity index (χ0) is 24.5. The molecule has 0 atom stereocenters. The lowest BCUT2D eigenvalue weighted by atomic mass is 9.94. The van der Waals surface area contributed by atoms with E-state index in [9.17, 15) is 9.59 Å². The molecule has 182 valence electrons. The average Bonchev–Trinajstić information content (AvgIpc) is 3.27. The first-order valence-corrected chi connectivity index (χ1v) is 12.5. The number of carbonyl (C=O) groups is 2. The van der Waals surface area contributed by atoms with Crippen molar-refractivity contribution in [2.75, 3.05) is 32.7 Å². The van der Waals surface area contributed by atoms with Crippen LogP contribution in [-0.2, 0) is 17.8 Å². The van der Waals surface area contributed by atoms with Gasteiger partial charge in [-0.25, -0.2) is 0 Å². The standard InChI is InChI=1S/C29H33N3O3/c1-19-6-7-26-24(13-19)16-27(35-26)28(33)30-9-12-31-10-4-5-23(17-31)29(34)32-11-8-22-14-20(2)21(3)15-25(22)18-32/h5-7,13-16H,4,8-12,17-18H2,1-3H3,(H,30,33). The number of carbonyl (C=O) groups excluding carboxylic acids is 2. The number of hydrogen-bond acceptors (Lipinski definition) is 4. The highest BCUT2D eigenvalue weighted by molar-refractivity contribution is 5.96. The van der Waals surface area contributed by atoms with Crippen molar-refractivity contribution in [1.82, 2.24) is 15.1 Å². The summed E-state index contributed by atoms with van der Waals surface area (Å²) in [4.78, 5) is 30.1. The minimum Gasteiger partial charge on any atom is -0.451 e. The zero-order valence-electron chi connectivity index (χ0n) is 20.8. The lowest BCUT2D eigenvalue weighted by Gasteiger charge is -2.33. The SMILES string of the molecule is Cc1ccc2oc(C(=O)NCCN3CCC=C(C(=O)N4CCc5cc(C)c(C)cc5C4)C3)cc2c1. The Kier molecular flexibility index (Phi) is 6.48. The predicted octanol–water partition coefficient (Wildman–Crippen LogP) is 4.30. The molecule has 35 heavy (non-hydrogen) atoms. The van der Waals surface area contributed by atoms with E-state index in [4.69, 9.17) is 4.42 Å². The van der Waals surface area contributed by atoms with Crippen LogP contribution >= 0.6 is 0 Å². The number of fused-ring (bicyclic) bond motifs is 2. The summed E-state index contributed by atoms with van der Waals surface area (Å²) >= 11 is 0. The third kappa shape index (κ3) is 5.03. The summed E-state index contributed by atoms with van der Waals surface area (Å²) in [5.74, 6) is 0.260. The Labute approximate surface area is 206 Å². The molecule has 3 heterocycles. The third-order valence-corrected chi connectivity index (χ3v) is 7.23. The summed E-state index contributed by atoms with van der Waals surface area (Å²) in [6, 6.07) is 12.2. The molecule has 0 fully saturated rings. The summed E-state index contributed by atoms with van der Waals surface area (Å²) in [5.41, 5.74) is 7.94. The van der Waals surface area contributed by atoms with Crippen LogP contribution in [0, 0.1) is 20.8 Å². The van der Waals surface area contributed by atoms with Crippen molar-refractivity contribution in [3.05, 3.63) is 81.6 Å². The minimum atomic E-state index is -0.208. The van der Waals surface area contributed by atoms with E-state index in [1.165, 1.54) is 22.3 Å². The van der Waals surface area contributed by atoms with E-state index in [-0.39, 0.29) is 11.8 Å². The molecule has 0 bridgehead atoms. The van der Waals surface area contributed by atoms with Gasteiger partial charge in [-0.15, -0.1) is 0 Å². The molecule has 0 unspecified atom stereocenters. The molecule has 1 N–H and O–H groups in total. The van der Waals surface area contributed by atoms with Crippen molar-refractivity contribution in [2.24, 2.45) is 0 Å². The summed E-state index contributed by atoms with van der Waals surface area (Å²) < 4.78 is 5.70. The van der Waals surface area contributed by atoms with Crippen molar-refractivity contribution >= 4 is 22.8 Å². The molecular weight excluding hydrogens is 438 g/mol. The van der Waals surface area contributed by atoms with E-state index in [1.54, 1.807) is 6.07 Å². The second-order valence-electron chi connectivity index (χ2n) is 9.88. The fourth-order valence-corrected chi connectivity index (χ4v) is 5.07. The highest BCUT2D eigenvalue weighted by Gasteiger charge is 2.26. The van der Waals surface area contributed by atoms with E-state index >= 15 is 0 Å². The molecule has 3 aromatic rings. The molecule has 2 aromatic carbocycles. The van der Waals surface area contributed by atoms with Crippen molar-refractivity contribution in [1.29, 1.82) is 0 Å². The van der Waals surface area contributed by atoms with Crippen LogP contribution in [0.3, 0.4) is 0 Å². The molecule has 6 heteroatoms. The lowest BCUT2D eigenvalue weighted by Crippen LogP contribution is -2.43. The molecule has 0 saturated heterocycles. The van der Waals surface area contributed by atoms with Gasteiger partial charge in [0, 0.05) is 50.2 Å². The van der Waals surface area contributed by atoms with E-state index in [0.717, 1.165) is 48.0 Å². The van der Waals surface area contributed by atoms with Gasteiger partial charge in [0.2, 0.25) is 0 Å². The van der Waals surface area contributed by atoms with Gasteiger partial charge in [0.05, 0.1) is 0 Å². The molecule has 2 aliphatic heterocycles. The maximum atomic E-state index is 13.3. The molecule has 2 aliphatic rings. The fraction of sp³-hybridized carbons (Fsp3) is 0.379. The Morgan fingerprint density at radius 2 is 1.77 bits per heavy atom. The van der Waals surface area contributed by atoms with Gasteiger partial charge in [-0.1, -0.05) is 29.8 Å². The third-order valence-electron chi connectivity index (χ3n) is 7.23. The number of hydrogen-bond donors (Lipinski definition) is 1. The lowest BCUT2D eigenvalue weighted by molar-refractivity contribution is -0.128. The molecule has 0 saturated carbocycles. The first kappa shape index (κ1) is 23.4. The van der Waals surface area contributed by atoms with Crippen LogP contribution in [0.25, 0.3) is 11.0 Å². The topological polar surface area (TPSA) is 65.8 Å². The van der Waals surface area contributed by atoms with E-state index < -0.39 is 0 Å². The number of furan rings is 1. The van der Waals surface area contributed by atoms with Crippen molar-refractivity contribution in [3.8, 4) is 0 Å². The normalized spacial score (nSPS) is 16.2. The molecule has 2 amide bonds. The number of benzene rings is 2. The highest BCUT2D eigenvalue weighted by atomic mass is 16.3.